The number of para-hydroxylation sites is 1. The Balaban J connectivity index is 0.960. The molecular formula is C52H39NOS. The number of furan rings is 1. The van der Waals surface area contributed by atoms with Crippen LogP contribution < -0.4 is 4.90 Å². The molecular weight excluding hydrogens is 687 g/mol. The SMILES string of the molecule is c1ccc2c(c1)-c1c(-c3ccc(N(c4ccc5c(c4)oc4ccccc45)c4ccc5c(c4)sc4ccccc45)cc3)cccc1C21C2CC3CC(C2)CC1C3. The summed E-state index contributed by atoms with van der Waals surface area (Å²) in [5, 5.41) is 4.92. The van der Waals surface area contributed by atoms with Crippen LogP contribution in [0.5, 0.6) is 0 Å². The van der Waals surface area contributed by atoms with Gasteiger partial charge in [-0.1, -0.05) is 97.1 Å². The molecule has 2 heterocycles. The lowest BCUT2D eigenvalue weighted by atomic mass is 9.43. The third-order valence-corrected chi connectivity index (χ3v) is 15.4. The fourth-order valence-electron chi connectivity index (χ4n) is 12.4. The molecule has 5 aliphatic rings. The summed E-state index contributed by atoms with van der Waals surface area (Å²) in [4.78, 5) is 2.40. The molecule has 5 aliphatic carbocycles. The van der Waals surface area contributed by atoms with E-state index in [1.54, 1.807) is 11.1 Å². The first-order valence-corrected chi connectivity index (χ1v) is 21.0. The molecule has 9 aromatic rings. The summed E-state index contributed by atoms with van der Waals surface area (Å²) in [5.74, 6) is 3.41. The maximum Gasteiger partial charge on any atom is 0.137 e. The van der Waals surface area contributed by atoms with Gasteiger partial charge in [0.15, 0.2) is 0 Å². The Labute approximate surface area is 324 Å². The Kier molecular flexibility index (Phi) is 6.25. The molecule has 55 heavy (non-hydrogen) atoms. The molecule has 0 aliphatic heterocycles. The smallest absolute Gasteiger partial charge is 0.137 e. The molecule has 0 unspecified atom stereocenters. The van der Waals surface area contributed by atoms with E-state index in [1.807, 2.05) is 17.4 Å². The number of thiophene rings is 1. The normalized spacial score (nSPS) is 23.3. The third kappa shape index (κ3) is 4.20. The van der Waals surface area contributed by atoms with Crippen molar-refractivity contribution in [1.82, 2.24) is 0 Å². The van der Waals surface area contributed by atoms with Crippen molar-refractivity contribution >= 4 is 70.5 Å². The van der Waals surface area contributed by atoms with E-state index in [-0.39, 0.29) is 5.41 Å². The molecule has 4 saturated carbocycles. The molecule has 0 amide bonds. The number of hydrogen-bond donors (Lipinski definition) is 0. The van der Waals surface area contributed by atoms with Gasteiger partial charge >= 0.3 is 0 Å². The molecule has 2 nitrogen and oxygen atoms in total. The van der Waals surface area contributed by atoms with E-state index in [1.165, 1.54) is 74.5 Å². The van der Waals surface area contributed by atoms with E-state index in [9.17, 15) is 0 Å². The lowest BCUT2D eigenvalue weighted by molar-refractivity contribution is -0.0399. The number of rotatable bonds is 4. The van der Waals surface area contributed by atoms with E-state index in [2.05, 4.69) is 150 Å². The van der Waals surface area contributed by atoms with Crippen molar-refractivity contribution in [3.63, 3.8) is 0 Å². The van der Waals surface area contributed by atoms with E-state index in [0.29, 0.717) is 0 Å². The summed E-state index contributed by atoms with van der Waals surface area (Å²) in [6, 6.07) is 56.8. The average Bonchev–Trinajstić information content (AvgIpc) is 3.88. The van der Waals surface area contributed by atoms with Crippen molar-refractivity contribution in [2.24, 2.45) is 23.7 Å². The van der Waals surface area contributed by atoms with E-state index >= 15 is 0 Å². The molecule has 4 fully saturated rings. The third-order valence-electron chi connectivity index (χ3n) is 14.3. The summed E-state index contributed by atoms with van der Waals surface area (Å²) < 4.78 is 9.05. The van der Waals surface area contributed by atoms with Crippen LogP contribution in [-0.2, 0) is 5.41 Å². The first-order chi connectivity index (χ1) is 27.2. The molecule has 264 valence electrons. The monoisotopic (exact) mass is 725 g/mol. The first kappa shape index (κ1) is 30.7. The number of fused-ring (bicyclic) bond motifs is 9. The molecule has 0 N–H and O–H groups in total. The van der Waals surface area contributed by atoms with Crippen LogP contribution in [0, 0.1) is 23.7 Å². The molecule has 14 rings (SSSR count). The van der Waals surface area contributed by atoms with Crippen LogP contribution in [0.1, 0.15) is 43.2 Å². The summed E-state index contributed by atoms with van der Waals surface area (Å²) in [6.45, 7) is 0. The van der Waals surface area contributed by atoms with Crippen LogP contribution in [0.4, 0.5) is 17.1 Å². The zero-order valence-electron chi connectivity index (χ0n) is 30.5. The van der Waals surface area contributed by atoms with E-state index < -0.39 is 0 Å². The number of nitrogens with zero attached hydrogens (tertiary/aromatic N) is 1. The highest BCUT2D eigenvalue weighted by Gasteiger charge is 2.61. The largest absolute Gasteiger partial charge is 0.456 e. The summed E-state index contributed by atoms with van der Waals surface area (Å²) in [5.41, 5.74) is 14.2. The molecule has 4 bridgehead atoms. The number of anilines is 3. The molecule has 1 spiro atoms. The Morgan fingerprint density at radius 2 is 1.09 bits per heavy atom. The summed E-state index contributed by atoms with van der Waals surface area (Å²) in [6.07, 6.45) is 7.10. The number of benzene rings is 7. The van der Waals surface area contributed by atoms with Gasteiger partial charge in [0.2, 0.25) is 0 Å². The van der Waals surface area contributed by atoms with Gasteiger partial charge < -0.3 is 9.32 Å². The summed E-state index contributed by atoms with van der Waals surface area (Å²) >= 11 is 1.87. The lowest BCUT2D eigenvalue weighted by Gasteiger charge is -2.61. The lowest BCUT2D eigenvalue weighted by Crippen LogP contribution is -2.55. The average molecular weight is 726 g/mol. The molecule has 2 aromatic heterocycles. The molecule has 7 aromatic carbocycles. The Morgan fingerprint density at radius 3 is 1.93 bits per heavy atom. The van der Waals surface area contributed by atoms with Crippen molar-refractivity contribution in [2.45, 2.75) is 37.5 Å². The van der Waals surface area contributed by atoms with Gasteiger partial charge in [-0.05, 0) is 138 Å². The minimum atomic E-state index is 0.173. The van der Waals surface area contributed by atoms with Crippen LogP contribution >= 0.6 is 11.3 Å². The summed E-state index contributed by atoms with van der Waals surface area (Å²) in [7, 11) is 0. The molecule has 0 atom stereocenters. The maximum atomic E-state index is 6.43. The first-order valence-electron chi connectivity index (χ1n) is 20.2. The van der Waals surface area contributed by atoms with Crippen molar-refractivity contribution in [2.75, 3.05) is 4.90 Å². The molecule has 3 heteroatoms. The van der Waals surface area contributed by atoms with Crippen LogP contribution in [0.15, 0.2) is 156 Å². The van der Waals surface area contributed by atoms with Crippen LogP contribution in [0.3, 0.4) is 0 Å². The van der Waals surface area contributed by atoms with Gasteiger partial charge in [0, 0.05) is 59.5 Å². The quantitative estimate of drug-likeness (QED) is 0.180. The predicted octanol–water partition coefficient (Wildman–Crippen LogP) is 14.8. The zero-order valence-corrected chi connectivity index (χ0v) is 31.4. The minimum Gasteiger partial charge on any atom is -0.456 e. The van der Waals surface area contributed by atoms with Gasteiger partial charge in [0.1, 0.15) is 11.2 Å². The highest BCUT2D eigenvalue weighted by Crippen LogP contribution is 2.70. The topological polar surface area (TPSA) is 16.4 Å². The maximum absolute atomic E-state index is 6.43. The van der Waals surface area contributed by atoms with Gasteiger partial charge in [0.05, 0.1) is 0 Å². The Hall–Kier alpha value is -5.64. The van der Waals surface area contributed by atoms with Gasteiger partial charge in [-0.2, -0.15) is 0 Å². The minimum absolute atomic E-state index is 0.173. The van der Waals surface area contributed by atoms with Crippen molar-refractivity contribution in [1.29, 1.82) is 0 Å². The highest BCUT2D eigenvalue weighted by atomic mass is 32.1. The second kappa shape index (κ2) is 11.2. The van der Waals surface area contributed by atoms with Crippen molar-refractivity contribution in [3.05, 3.63) is 163 Å². The van der Waals surface area contributed by atoms with Gasteiger partial charge in [-0.15, -0.1) is 11.3 Å². The highest BCUT2D eigenvalue weighted by molar-refractivity contribution is 7.25. The number of hydrogen-bond acceptors (Lipinski definition) is 3. The van der Waals surface area contributed by atoms with Crippen LogP contribution in [0.2, 0.25) is 0 Å². The Morgan fingerprint density at radius 1 is 0.473 bits per heavy atom. The molecule has 0 saturated heterocycles. The van der Waals surface area contributed by atoms with Gasteiger partial charge in [-0.25, -0.2) is 0 Å². The van der Waals surface area contributed by atoms with E-state index in [4.69, 9.17) is 4.42 Å². The second-order valence-electron chi connectivity index (χ2n) is 16.9. The second-order valence-corrected chi connectivity index (χ2v) is 18.0. The Bertz CT molecular complexity index is 2880. The van der Waals surface area contributed by atoms with E-state index in [0.717, 1.165) is 62.7 Å². The van der Waals surface area contributed by atoms with Gasteiger partial charge in [0.25, 0.3) is 0 Å². The van der Waals surface area contributed by atoms with Crippen LogP contribution in [0.25, 0.3) is 64.4 Å². The predicted molar refractivity (Wildman–Crippen MR) is 230 cm³/mol. The zero-order chi connectivity index (χ0) is 35.8. The van der Waals surface area contributed by atoms with Gasteiger partial charge in [-0.3, -0.25) is 0 Å². The standard InChI is InChI=1S/C52H39NOS/c1-4-12-45-44(10-1)51-39(11-7-13-46(51)52(45)34-25-31-24-32(27-34)28-35(52)26-31)33-16-18-36(19-17-33)53(37-20-22-41-40-8-2-5-14-47(40)54-48(41)29-37)38-21-23-43-42-9-3-6-15-49(42)55-50(43)30-38/h1-23,29-32,34-35H,24-28H2. The van der Waals surface area contributed by atoms with Crippen LogP contribution in [-0.4, -0.2) is 0 Å². The fourth-order valence-corrected chi connectivity index (χ4v) is 13.5. The van der Waals surface area contributed by atoms with Crippen molar-refractivity contribution < 1.29 is 4.42 Å². The molecule has 0 radical (unpaired) electrons. The fraction of sp³-hybridized carbons (Fsp3) is 0.192. The van der Waals surface area contributed by atoms with Crippen molar-refractivity contribution in [3.8, 4) is 22.3 Å².